The molecular weight excluding hydrogens is 560 g/mol. The van der Waals surface area contributed by atoms with E-state index in [1.807, 2.05) is 26.0 Å². The Kier molecular flexibility index (Phi) is 13.0. The molecule has 0 amide bonds. The molecule has 2 aliphatic heterocycles. The predicted molar refractivity (Wildman–Crippen MR) is 157 cm³/mol. The minimum atomic E-state index is -1.92. The summed E-state index contributed by atoms with van der Waals surface area (Å²) < 4.78 is 16.5. The molecule has 0 radical (unpaired) electrons. The largest absolute Gasteiger partial charge is 0.463 e. The molecule has 1 saturated heterocycles. The van der Waals surface area contributed by atoms with Crippen molar-refractivity contribution in [3.05, 3.63) is 23.8 Å². The summed E-state index contributed by atoms with van der Waals surface area (Å²) in [5, 5.41) is 44.0. The fourth-order valence-corrected chi connectivity index (χ4v) is 6.05. The average molecular weight is 611 g/mol. The number of aliphatic hydroxyl groups is 4. The number of cyclic esters (lactones) is 1. The second-order valence-electron chi connectivity index (χ2n) is 12.5. The molecule has 1 fully saturated rings. The van der Waals surface area contributed by atoms with Gasteiger partial charge in [0.25, 0.3) is 0 Å². The van der Waals surface area contributed by atoms with Gasteiger partial charge in [-0.3, -0.25) is 14.4 Å². The van der Waals surface area contributed by atoms with Crippen molar-refractivity contribution in [3.63, 3.8) is 0 Å². The number of Topliss-reactive ketones (excluding diaryl/α,β-unsaturated/α-hetero) is 3. The molecule has 2 aliphatic rings. The zero-order valence-corrected chi connectivity index (χ0v) is 26.7. The monoisotopic (exact) mass is 610 g/mol. The topological polar surface area (TPSA) is 180 Å². The van der Waals surface area contributed by atoms with E-state index in [-0.39, 0.29) is 12.3 Å². The van der Waals surface area contributed by atoms with Crippen molar-refractivity contribution >= 4 is 23.3 Å². The van der Waals surface area contributed by atoms with Gasteiger partial charge in [-0.05, 0) is 26.3 Å². The highest BCUT2D eigenvalue weighted by atomic mass is 16.6. The van der Waals surface area contributed by atoms with Crippen molar-refractivity contribution < 1.29 is 53.8 Å². The molecule has 2 rings (SSSR count). The van der Waals surface area contributed by atoms with Crippen molar-refractivity contribution in [2.45, 2.75) is 104 Å². The molecule has 0 aliphatic carbocycles. The molecule has 0 aromatic heterocycles. The maximum atomic E-state index is 13.7. The van der Waals surface area contributed by atoms with Crippen LogP contribution in [0.4, 0.5) is 0 Å². The summed E-state index contributed by atoms with van der Waals surface area (Å²) in [5.41, 5.74) is -0.809. The lowest BCUT2D eigenvalue weighted by Crippen LogP contribution is -2.49. The van der Waals surface area contributed by atoms with Crippen LogP contribution in [-0.2, 0) is 33.4 Å². The molecule has 0 aromatic rings. The maximum absolute atomic E-state index is 13.7. The first kappa shape index (κ1) is 36.9. The van der Waals surface area contributed by atoms with Crippen LogP contribution in [0, 0.1) is 35.5 Å². The van der Waals surface area contributed by atoms with Gasteiger partial charge in [0, 0.05) is 43.1 Å². The van der Waals surface area contributed by atoms with Crippen LogP contribution in [-0.4, -0.2) is 99.7 Å². The van der Waals surface area contributed by atoms with Crippen LogP contribution in [0.25, 0.3) is 0 Å². The number of esters is 1. The van der Waals surface area contributed by atoms with Crippen molar-refractivity contribution in [1.29, 1.82) is 0 Å². The number of rotatable bonds is 5. The van der Waals surface area contributed by atoms with Crippen LogP contribution < -0.4 is 0 Å². The Balaban J connectivity index is 2.50. The number of ketones is 3. The molecule has 244 valence electrons. The third-order valence-corrected chi connectivity index (χ3v) is 9.21. The molecule has 43 heavy (non-hydrogen) atoms. The Hall–Kier alpha value is -2.28. The number of hydrogen-bond donors (Lipinski definition) is 4. The number of carbonyl (C=O) groups excluding carboxylic acids is 4. The molecule has 13 unspecified atom stereocenters. The summed E-state index contributed by atoms with van der Waals surface area (Å²) in [6.07, 6.45) is -2.96. The number of hydrogen-bond acceptors (Lipinski definition) is 11. The lowest BCUT2D eigenvalue weighted by Gasteiger charge is -2.31. The fourth-order valence-electron chi connectivity index (χ4n) is 6.05. The van der Waals surface area contributed by atoms with Crippen molar-refractivity contribution in [2.75, 3.05) is 13.7 Å². The molecule has 11 heteroatoms. The minimum absolute atomic E-state index is 0.0932. The van der Waals surface area contributed by atoms with E-state index in [1.54, 1.807) is 20.8 Å². The van der Waals surface area contributed by atoms with E-state index in [1.165, 1.54) is 34.0 Å². The number of allylic oxidation sites excluding steroid dienone is 2. The lowest BCUT2D eigenvalue weighted by molar-refractivity contribution is -0.169. The van der Waals surface area contributed by atoms with Gasteiger partial charge in [-0.15, -0.1) is 0 Å². The SMILES string of the molecule is CC=CC(C)C1OC1(C)C(O)C1COC(=O)C(O)C(OC)C(C)C(=O)C(C)C(O)C(C)=CC(C)C(=O)CC(O)C(C)C1=O. The highest BCUT2D eigenvalue weighted by Gasteiger charge is 2.62. The zero-order chi connectivity index (χ0) is 33.0. The lowest BCUT2D eigenvalue weighted by atomic mass is 9.79. The predicted octanol–water partition coefficient (Wildman–Crippen LogP) is 1.58. The second-order valence-corrected chi connectivity index (χ2v) is 12.5. The Morgan fingerprint density at radius 3 is 2.16 bits per heavy atom. The van der Waals surface area contributed by atoms with Crippen LogP contribution >= 0.6 is 0 Å². The van der Waals surface area contributed by atoms with Crippen LogP contribution in [0.15, 0.2) is 23.8 Å². The molecular formula is C32H50O11. The van der Waals surface area contributed by atoms with E-state index >= 15 is 0 Å². The van der Waals surface area contributed by atoms with Gasteiger partial charge in [0.05, 0.1) is 30.3 Å². The summed E-state index contributed by atoms with van der Waals surface area (Å²) in [6.45, 7) is 12.3. The fraction of sp³-hybridized carbons (Fsp3) is 0.750. The van der Waals surface area contributed by atoms with Gasteiger partial charge in [0.15, 0.2) is 6.10 Å². The van der Waals surface area contributed by atoms with Crippen LogP contribution in [0.1, 0.15) is 61.8 Å². The number of aliphatic hydroxyl groups excluding tert-OH is 4. The molecule has 0 bridgehead atoms. The molecule has 13 atom stereocenters. The van der Waals surface area contributed by atoms with E-state index in [2.05, 4.69) is 0 Å². The van der Waals surface area contributed by atoms with Gasteiger partial charge in [0.2, 0.25) is 0 Å². The normalized spacial score (nSPS) is 40.8. The standard InChI is InChI=1S/C32H50O11/c1-10-11-15(2)30-32(8,43-30)29(39)21-14-42-31(40)27(38)28(41-9)20(7)25(36)19(6)24(35)17(4)12-16(3)22(33)13-23(34)18(5)26(21)37/h10-12,15-16,18-21,23-24,27-30,34-35,38-39H,13-14H2,1-9H3. The molecule has 2 heterocycles. The van der Waals surface area contributed by atoms with Gasteiger partial charge in [-0.2, -0.15) is 0 Å². The number of ether oxygens (including phenoxy) is 3. The van der Waals surface area contributed by atoms with Gasteiger partial charge >= 0.3 is 5.97 Å². The van der Waals surface area contributed by atoms with E-state index in [4.69, 9.17) is 14.2 Å². The van der Waals surface area contributed by atoms with Gasteiger partial charge in [0.1, 0.15) is 35.7 Å². The third kappa shape index (κ3) is 8.26. The average Bonchev–Trinajstić information content (AvgIpc) is 3.67. The Bertz CT molecular complexity index is 1080. The van der Waals surface area contributed by atoms with Crippen LogP contribution in [0.5, 0.6) is 0 Å². The highest BCUT2D eigenvalue weighted by molar-refractivity contribution is 5.88. The Morgan fingerprint density at radius 1 is 1.00 bits per heavy atom. The van der Waals surface area contributed by atoms with Gasteiger partial charge in [-0.1, -0.05) is 52.8 Å². The number of carbonyl (C=O) groups is 4. The van der Waals surface area contributed by atoms with Gasteiger partial charge < -0.3 is 34.6 Å². The van der Waals surface area contributed by atoms with E-state index in [9.17, 15) is 39.6 Å². The number of epoxide rings is 1. The molecule has 11 nitrogen and oxygen atoms in total. The van der Waals surface area contributed by atoms with Crippen LogP contribution in [0.3, 0.4) is 0 Å². The Labute approximate surface area is 254 Å². The van der Waals surface area contributed by atoms with Crippen molar-refractivity contribution in [1.82, 2.24) is 0 Å². The molecule has 0 aromatic carbocycles. The molecule has 0 spiro atoms. The summed E-state index contributed by atoms with van der Waals surface area (Å²) in [7, 11) is 1.22. The zero-order valence-electron chi connectivity index (χ0n) is 26.7. The first-order valence-electron chi connectivity index (χ1n) is 14.9. The molecule has 0 saturated carbocycles. The minimum Gasteiger partial charge on any atom is -0.463 e. The van der Waals surface area contributed by atoms with Crippen molar-refractivity contribution in [3.8, 4) is 0 Å². The van der Waals surface area contributed by atoms with E-state index in [0.717, 1.165) is 0 Å². The summed E-state index contributed by atoms with van der Waals surface area (Å²) in [6, 6.07) is 0. The first-order chi connectivity index (χ1) is 19.9. The summed E-state index contributed by atoms with van der Waals surface area (Å²) >= 11 is 0. The molecule has 4 N–H and O–H groups in total. The summed E-state index contributed by atoms with van der Waals surface area (Å²) in [5.74, 6) is -8.06. The van der Waals surface area contributed by atoms with Crippen molar-refractivity contribution in [2.24, 2.45) is 35.5 Å². The second kappa shape index (κ2) is 15.1. The number of methoxy groups -OCH3 is 1. The quantitative estimate of drug-likeness (QED) is 0.202. The van der Waals surface area contributed by atoms with Crippen LogP contribution in [0.2, 0.25) is 0 Å². The Morgan fingerprint density at radius 2 is 1.60 bits per heavy atom. The highest BCUT2D eigenvalue weighted by Crippen LogP contribution is 2.47. The maximum Gasteiger partial charge on any atom is 0.337 e. The third-order valence-electron chi connectivity index (χ3n) is 9.21. The smallest absolute Gasteiger partial charge is 0.337 e. The summed E-state index contributed by atoms with van der Waals surface area (Å²) in [4.78, 5) is 53.0. The first-order valence-corrected chi connectivity index (χ1v) is 14.9. The van der Waals surface area contributed by atoms with E-state index < -0.39 is 102 Å². The van der Waals surface area contributed by atoms with Gasteiger partial charge in [-0.25, -0.2) is 4.79 Å². The van der Waals surface area contributed by atoms with E-state index in [0.29, 0.717) is 5.57 Å².